The molecule has 0 saturated heterocycles. The zero-order valence-electron chi connectivity index (χ0n) is 18.0. The molecule has 3 aromatic carbocycles. The molecule has 0 nitrogen and oxygen atoms in total. The molecular weight excluding hydrogens is 454 g/mol. The molecule has 0 radical (unpaired) electrons. The molecule has 0 fully saturated rings. The molecule has 1 atom stereocenters. The van der Waals surface area contributed by atoms with Gasteiger partial charge in [0, 0.05) is 7.26 Å². The summed E-state index contributed by atoms with van der Waals surface area (Å²) < 4.78 is 0. The van der Waals surface area contributed by atoms with Crippen molar-refractivity contribution in [1.29, 1.82) is 0 Å². The normalized spacial score (nSPS) is 13.3. The van der Waals surface area contributed by atoms with Gasteiger partial charge in [0.05, 0.1) is 48.8 Å². The van der Waals surface area contributed by atoms with Crippen LogP contribution in [0.15, 0.2) is 91.0 Å². The van der Waals surface area contributed by atoms with Crippen molar-refractivity contribution in [1.82, 2.24) is 0 Å². The van der Waals surface area contributed by atoms with Crippen molar-refractivity contribution in [3.05, 3.63) is 91.0 Å². The van der Waals surface area contributed by atoms with E-state index in [2.05, 4.69) is 111 Å². The predicted molar refractivity (Wildman–Crippen MR) is 133 cm³/mol. The maximum Gasteiger partial charge on any atom is 0.102 e. The van der Waals surface area contributed by atoms with Gasteiger partial charge in [0.2, 0.25) is 0 Å². The lowest BCUT2D eigenvalue weighted by Gasteiger charge is -2.28. The minimum absolute atomic E-state index is 0. The van der Waals surface area contributed by atoms with Gasteiger partial charge in [-0.15, -0.1) is 0 Å². The first-order chi connectivity index (χ1) is 13.6. The van der Waals surface area contributed by atoms with Gasteiger partial charge in [-0.05, 0) is 42.8 Å². The van der Waals surface area contributed by atoms with Crippen LogP contribution in [0, 0.1) is 0 Å². The Bertz CT molecular complexity index is 797. The molecule has 0 spiro atoms. The summed E-state index contributed by atoms with van der Waals surface area (Å²) in [6.45, 7) is 7.46. The lowest BCUT2D eigenvalue weighted by atomic mass is 10.4. The zero-order chi connectivity index (χ0) is 19.9. The monoisotopic (exact) mass is 487 g/mol. The highest BCUT2D eigenvalue weighted by Crippen LogP contribution is 2.61. The zero-order valence-corrected chi connectivity index (χ0v) is 21.3. The average molecular weight is 488 g/mol. The Morgan fingerprint density at radius 1 is 0.552 bits per heavy atom. The van der Waals surface area contributed by atoms with E-state index in [0.29, 0.717) is 0 Å². The van der Waals surface area contributed by atoms with Gasteiger partial charge in [0.25, 0.3) is 0 Å². The van der Waals surface area contributed by atoms with Gasteiger partial charge in [0.1, 0.15) is 6.16 Å². The van der Waals surface area contributed by atoms with Crippen LogP contribution >= 0.6 is 14.5 Å². The summed E-state index contributed by atoms with van der Waals surface area (Å²) in [5, 5.41) is 4.68. The molecule has 0 aliphatic rings. The smallest absolute Gasteiger partial charge is 0.102 e. The van der Waals surface area contributed by atoms with Gasteiger partial charge in [-0.2, -0.15) is 0 Å². The van der Waals surface area contributed by atoms with Crippen LogP contribution in [-0.4, -0.2) is 31.8 Å². The fourth-order valence-corrected chi connectivity index (χ4v) is 12.5. The van der Waals surface area contributed by atoms with Crippen LogP contribution < -0.4 is 32.9 Å². The Balaban J connectivity index is 0.00000300. The van der Waals surface area contributed by atoms with Gasteiger partial charge in [0.15, 0.2) is 0 Å². The van der Waals surface area contributed by atoms with E-state index in [-0.39, 0.29) is 17.0 Å². The summed E-state index contributed by atoms with van der Waals surface area (Å²) in [5.74, 6) is 0. The molecule has 3 aromatic rings. The van der Waals surface area contributed by atoms with Crippen LogP contribution in [-0.2, 0) is 0 Å². The summed E-state index contributed by atoms with van der Waals surface area (Å²) >= 11 is 0. The largest absolute Gasteiger partial charge is 1.00 e. The molecule has 29 heavy (non-hydrogen) atoms. The fraction of sp³-hybridized carbons (Fsp3) is 0.308. The molecule has 0 bridgehead atoms. The Kier molecular flexibility index (Phi) is 9.55. The second-order valence-electron chi connectivity index (χ2n) is 8.12. The third kappa shape index (κ3) is 6.01. The molecule has 0 N–H and O–H groups in total. The minimum Gasteiger partial charge on any atom is -1.00 e. The predicted octanol–water partition coefficient (Wildman–Crippen LogP) is 3.06. The molecule has 154 valence electrons. The molecule has 0 aliphatic carbocycles. The van der Waals surface area contributed by atoms with E-state index in [0.717, 1.165) is 0 Å². The van der Waals surface area contributed by atoms with E-state index in [9.17, 15) is 0 Å². The summed E-state index contributed by atoms with van der Waals surface area (Å²) in [4.78, 5) is 0. The summed E-state index contributed by atoms with van der Waals surface area (Å²) in [6, 6.07) is 33.9. The second kappa shape index (κ2) is 11.4. The molecular formula is C26H34BrP2+. The standard InChI is InChI=1S/C26H34P2.BrH/c1-4-5-21-27(2,24-15-9-6-10-16-24)22-23-28(3,25-17-11-7-12-18-25)26-19-13-8-14-20-26;/h6-20H,4-5,21-23H2,1-3H3;1H/q+2;/p-1. The fourth-order valence-electron chi connectivity index (χ4n) is 4.01. The van der Waals surface area contributed by atoms with Crippen LogP contribution in [0.25, 0.3) is 0 Å². The summed E-state index contributed by atoms with van der Waals surface area (Å²) in [5.41, 5.74) is 0. The van der Waals surface area contributed by atoms with Crippen molar-refractivity contribution in [3.8, 4) is 0 Å². The van der Waals surface area contributed by atoms with E-state index in [1.165, 1.54) is 41.9 Å². The molecule has 0 aromatic heterocycles. The quantitative estimate of drug-likeness (QED) is 0.407. The molecule has 0 aliphatic heterocycles. The third-order valence-corrected chi connectivity index (χ3v) is 14.5. The number of halogens is 1. The van der Waals surface area contributed by atoms with Crippen LogP contribution in [0.3, 0.4) is 0 Å². The van der Waals surface area contributed by atoms with Crippen molar-refractivity contribution in [2.75, 3.05) is 31.8 Å². The number of benzene rings is 3. The van der Waals surface area contributed by atoms with Crippen LogP contribution in [0.1, 0.15) is 19.8 Å². The molecule has 0 amide bonds. The second-order valence-corrected chi connectivity index (χ2v) is 16.2. The first kappa shape index (κ1) is 24.3. The maximum atomic E-state index is 2.60. The average Bonchev–Trinajstić information content (AvgIpc) is 2.78. The summed E-state index contributed by atoms with van der Waals surface area (Å²) in [6.07, 6.45) is 6.63. The van der Waals surface area contributed by atoms with Crippen molar-refractivity contribution in [2.24, 2.45) is 0 Å². The van der Waals surface area contributed by atoms with Crippen molar-refractivity contribution in [2.45, 2.75) is 19.8 Å². The molecule has 3 heteroatoms. The maximum absolute atomic E-state index is 2.60. The highest BCUT2D eigenvalue weighted by Gasteiger charge is 2.43. The first-order valence-corrected chi connectivity index (χ1v) is 15.5. The van der Waals surface area contributed by atoms with Crippen molar-refractivity contribution in [3.63, 3.8) is 0 Å². The van der Waals surface area contributed by atoms with Crippen LogP contribution in [0.4, 0.5) is 0 Å². The molecule has 3 rings (SSSR count). The minimum atomic E-state index is -1.40. The highest BCUT2D eigenvalue weighted by atomic mass is 79.9. The van der Waals surface area contributed by atoms with Gasteiger partial charge < -0.3 is 17.0 Å². The lowest BCUT2D eigenvalue weighted by Crippen LogP contribution is -3.00. The topological polar surface area (TPSA) is 0 Å². The SMILES string of the molecule is CCCC[P+](C)(CC[P+](C)(c1ccccc1)c1ccccc1)c1ccccc1.[Br-]. The van der Waals surface area contributed by atoms with E-state index in [1.807, 2.05) is 0 Å². The Morgan fingerprint density at radius 2 is 0.966 bits per heavy atom. The highest BCUT2D eigenvalue weighted by molar-refractivity contribution is 7.90. The number of rotatable bonds is 9. The third-order valence-electron chi connectivity index (χ3n) is 6.08. The van der Waals surface area contributed by atoms with Crippen molar-refractivity contribution < 1.29 is 17.0 Å². The van der Waals surface area contributed by atoms with E-state index < -0.39 is 14.5 Å². The Morgan fingerprint density at radius 3 is 1.38 bits per heavy atom. The summed E-state index contributed by atoms with van der Waals surface area (Å²) in [7, 11) is -2.54. The van der Waals surface area contributed by atoms with E-state index >= 15 is 0 Å². The van der Waals surface area contributed by atoms with E-state index in [1.54, 1.807) is 5.30 Å². The van der Waals surface area contributed by atoms with E-state index in [4.69, 9.17) is 0 Å². The number of hydrogen-bond acceptors (Lipinski definition) is 0. The lowest BCUT2D eigenvalue weighted by molar-refractivity contribution is -0.00000578. The molecule has 0 saturated carbocycles. The van der Waals surface area contributed by atoms with Crippen LogP contribution in [0.2, 0.25) is 0 Å². The van der Waals surface area contributed by atoms with Gasteiger partial charge in [-0.3, -0.25) is 0 Å². The van der Waals surface area contributed by atoms with Gasteiger partial charge in [-0.1, -0.05) is 67.9 Å². The Labute approximate surface area is 189 Å². The number of hydrogen-bond donors (Lipinski definition) is 0. The van der Waals surface area contributed by atoms with Crippen molar-refractivity contribution >= 4 is 30.4 Å². The number of unbranched alkanes of at least 4 members (excludes halogenated alkanes) is 1. The first-order valence-electron chi connectivity index (χ1n) is 10.5. The van der Waals surface area contributed by atoms with Crippen LogP contribution in [0.5, 0.6) is 0 Å². The molecule has 1 unspecified atom stereocenters. The van der Waals surface area contributed by atoms with Gasteiger partial charge >= 0.3 is 0 Å². The van der Waals surface area contributed by atoms with Gasteiger partial charge in [-0.25, -0.2) is 0 Å². The Hall–Kier alpha value is -1.00. The molecule has 0 heterocycles.